The van der Waals surface area contributed by atoms with E-state index >= 15 is 0 Å². The van der Waals surface area contributed by atoms with E-state index in [1.54, 1.807) is 4.90 Å². The molecule has 0 aromatic heterocycles. The normalized spacial score (nSPS) is 10.5. The molecule has 0 aromatic rings. The zero-order valence-corrected chi connectivity index (χ0v) is 14.8. The summed E-state index contributed by atoms with van der Waals surface area (Å²) in [5.41, 5.74) is 0. The minimum absolute atomic E-state index is 0.0694. The van der Waals surface area contributed by atoms with Crippen LogP contribution in [0.1, 0.15) is 19.3 Å². The van der Waals surface area contributed by atoms with Gasteiger partial charge < -0.3 is 35.5 Å². The number of carbonyl (C=O) groups is 3. The summed E-state index contributed by atoms with van der Waals surface area (Å²) in [7, 11) is 0. The Balaban J connectivity index is 0. The summed E-state index contributed by atoms with van der Waals surface area (Å²) in [4.78, 5) is 34.3. The number of carboxylic acids is 3. The van der Waals surface area contributed by atoms with E-state index in [4.69, 9.17) is 30.6 Å². The van der Waals surface area contributed by atoms with Gasteiger partial charge in [-0.2, -0.15) is 0 Å². The van der Waals surface area contributed by atoms with Crippen molar-refractivity contribution in [2.24, 2.45) is 0 Å². The van der Waals surface area contributed by atoms with Crippen LogP contribution in [0.15, 0.2) is 0 Å². The van der Waals surface area contributed by atoms with Crippen molar-refractivity contribution in [1.29, 1.82) is 0 Å². The molecule has 11 nitrogen and oxygen atoms in total. The summed E-state index contributed by atoms with van der Waals surface area (Å²) in [6.45, 7) is 2.24. The van der Waals surface area contributed by atoms with Gasteiger partial charge in [-0.05, 0) is 0 Å². The van der Waals surface area contributed by atoms with Gasteiger partial charge in [-0.3, -0.25) is 19.3 Å². The Labute approximate surface area is 152 Å². The Morgan fingerprint density at radius 1 is 0.500 bits per heavy atom. The molecule has 0 aliphatic heterocycles. The van der Waals surface area contributed by atoms with Crippen molar-refractivity contribution in [3.05, 3.63) is 0 Å². The molecule has 0 saturated heterocycles. The maximum atomic E-state index is 10.3. The second-order valence-corrected chi connectivity index (χ2v) is 5.29. The van der Waals surface area contributed by atoms with Gasteiger partial charge in [-0.15, -0.1) is 0 Å². The molecule has 0 aliphatic carbocycles. The van der Waals surface area contributed by atoms with E-state index in [0.717, 1.165) is 0 Å². The molecule has 0 bridgehead atoms. The Bertz CT molecular complexity index is 336. The first-order valence-electron chi connectivity index (χ1n) is 8.19. The predicted molar refractivity (Wildman–Crippen MR) is 90.9 cm³/mol. The second-order valence-electron chi connectivity index (χ2n) is 5.29. The van der Waals surface area contributed by atoms with Gasteiger partial charge in [0.05, 0.1) is 39.1 Å². The van der Waals surface area contributed by atoms with Crippen LogP contribution < -0.4 is 0 Å². The zero-order valence-electron chi connectivity index (χ0n) is 14.8. The summed E-state index contributed by atoms with van der Waals surface area (Å²) >= 11 is 0. The first kappa shape index (κ1) is 26.4. The van der Waals surface area contributed by atoms with Gasteiger partial charge in [-0.1, -0.05) is 0 Å². The van der Waals surface area contributed by atoms with Crippen molar-refractivity contribution in [2.45, 2.75) is 19.3 Å². The van der Waals surface area contributed by atoms with Crippen LogP contribution in [0.5, 0.6) is 0 Å². The van der Waals surface area contributed by atoms with Crippen molar-refractivity contribution >= 4 is 17.9 Å². The molecule has 0 spiro atoms. The molecule has 0 heterocycles. The molecule has 26 heavy (non-hydrogen) atoms. The Hall–Kier alpha value is -1.79. The Morgan fingerprint density at radius 3 is 0.923 bits per heavy atom. The molecule has 0 saturated carbocycles. The average Bonchev–Trinajstić information content (AvgIpc) is 2.55. The topological polar surface area (TPSA) is 179 Å². The lowest BCUT2D eigenvalue weighted by molar-refractivity contribution is -0.137. The van der Waals surface area contributed by atoms with Crippen LogP contribution in [0.3, 0.4) is 0 Å². The molecule has 0 aliphatic rings. The fraction of sp³-hybridized carbons (Fsp3) is 0.800. The van der Waals surface area contributed by atoms with E-state index in [9.17, 15) is 14.4 Å². The van der Waals surface area contributed by atoms with Crippen LogP contribution in [0.4, 0.5) is 0 Å². The lowest BCUT2D eigenvalue weighted by atomic mass is 10.3. The molecule has 11 heteroatoms. The van der Waals surface area contributed by atoms with Gasteiger partial charge in [0.15, 0.2) is 0 Å². The molecule has 0 radical (unpaired) electrons. The van der Waals surface area contributed by atoms with E-state index in [2.05, 4.69) is 0 Å². The smallest absolute Gasteiger partial charge is 0.304 e. The second kappa shape index (κ2) is 18.0. The summed E-state index contributed by atoms with van der Waals surface area (Å²) in [6, 6.07) is 0. The fourth-order valence-corrected chi connectivity index (χ4v) is 1.86. The molecule has 0 unspecified atom stereocenters. The van der Waals surface area contributed by atoms with Crippen molar-refractivity contribution in [3.8, 4) is 0 Å². The van der Waals surface area contributed by atoms with Crippen LogP contribution in [0.2, 0.25) is 0 Å². The highest BCUT2D eigenvalue weighted by molar-refractivity contribution is 5.68. The van der Waals surface area contributed by atoms with Gasteiger partial charge >= 0.3 is 17.9 Å². The largest absolute Gasteiger partial charge is 0.481 e. The van der Waals surface area contributed by atoms with Crippen LogP contribution in [0, 0.1) is 0 Å². The number of aliphatic carboxylic acids is 3. The van der Waals surface area contributed by atoms with E-state index in [-0.39, 0.29) is 58.7 Å². The van der Waals surface area contributed by atoms with Gasteiger partial charge in [0.25, 0.3) is 0 Å². The van der Waals surface area contributed by atoms with Crippen molar-refractivity contribution in [2.75, 3.05) is 59.1 Å². The number of hydrogen-bond acceptors (Lipinski definition) is 8. The first-order valence-corrected chi connectivity index (χ1v) is 8.19. The molecule has 0 aromatic carbocycles. The van der Waals surface area contributed by atoms with Crippen LogP contribution in [0.25, 0.3) is 0 Å². The third-order valence-electron chi connectivity index (χ3n) is 3.17. The summed E-state index contributed by atoms with van der Waals surface area (Å²) < 4.78 is 0. The third kappa shape index (κ3) is 20.3. The molecule has 0 amide bonds. The third-order valence-corrected chi connectivity index (χ3v) is 3.17. The van der Waals surface area contributed by atoms with Crippen molar-refractivity contribution in [1.82, 2.24) is 9.80 Å². The standard InChI is InChI=1S/C9H15NO6.C6H15NO3/c11-7(12)1-4-10(5-2-8(13)14)6-3-9(15)16;8-4-1-7(2-5-9)3-6-10/h1-6H2,(H,11,12)(H,13,14)(H,15,16);8-10H,1-6H2. The van der Waals surface area contributed by atoms with Crippen molar-refractivity contribution in [3.63, 3.8) is 0 Å². The maximum absolute atomic E-state index is 10.3. The minimum atomic E-state index is -0.990. The van der Waals surface area contributed by atoms with E-state index in [1.807, 2.05) is 0 Å². The molecular weight excluding hydrogens is 352 g/mol. The lowest BCUT2D eigenvalue weighted by Gasteiger charge is -2.19. The quantitative estimate of drug-likeness (QED) is 0.184. The number of aliphatic hydroxyl groups excluding tert-OH is 3. The SMILES string of the molecule is O=C(O)CCN(CCC(=O)O)CCC(=O)O.OCCN(CCO)CCO. The number of rotatable bonds is 15. The molecule has 154 valence electrons. The van der Waals surface area contributed by atoms with Gasteiger partial charge in [0.1, 0.15) is 0 Å². The molecule has 6 N–H and O–H groups in total. The fourth-order valence-electron chi connectivity index (χ4n) is 1.86. The predicted octanol–water partition coefficient (Wildman–Crippen LogP) is -2.02. The number of aliphatic hydroxyl groups is 3. The van der Waals surface area contributed by atoms with E-state index in [1.165, 1.54) is 4.90 Å². The van der Waals surface area contributed by atoms with Gasteiger partial charge in [0, 0.05) is 39.3 Å². The van der Waals surface area contributed by atoms with Crippen LogP contribution in [-0.2, 0) is 14.4 Å². The monoisotopic (exact) mass is 382 g/mol. The van der Waals surface area contributed by atoms with Crippen molar-refractivity contribution < 1.29 is 45.0 Å². The first-order chi connectivity index (χ1) is 12.3. The summed E-state index contributed by atoms with van der Waals surface area (Å²) in [6.07, 6.45) is -0.377. The van der Waals surface area contributed by atoms with E-state index < -0.39 is 17.9 Å². The van der Waals surface area contributed by atoms with E-state index in [0.29, 0.717) is 19.6 Å². The zero-order chi connectivity index (χ0) is 20.4. The van der Waals surface area contributed by atoms with Gasteiger partial charge in [-0.25, -0.2) is 0 Å². The maximum Gasteiger partial charge on any atom is 0.304 e. The number of nitrogens with zero attached hydrogens (tertiary/aromatic N) is 2. The molecular formula is C15H30N2O9. The Kier molecular flexibility index (Phi) is 18.3. The highest BCUT2D eigenvalue weighted by atomic mass is 16.4. The summed E-state index contributed by atoms with van der Waals surface area (Å²) in [5, 5.41) is 50.8. The van der Waals surface area contributed by atoms with Gasteiger partial charge in [0.2, 0.25) is 0 Å². The van der Waals surface area contributed by atoms with Crippen LogP contribution >= 0.6 is 0 Å². The molecule has 0 fully saturated rings. The minimum Gasteiger partial charge on any atom is -0.481 e. The highest BCUT2D eigenvalue weighted by Gasteiger charge is 2.11. The number of carboxylic acid groups (broad SMARTS) is 3. The number of hydrogen-bond donors (Lipinski definition) is 6. The Morgan fingerprint density at radius 2 is 0.731 bits per heavy atom. The summed E-state index contributed by atoms with van der Waals surface area (Å²) in [5.74, 6) is -2.97. The average molecular weight is 382 g/mol. The van der Waals surface area contributed by atoms with Crippen LogP contribution in [-0.4, -0.2) is 117 Å². The molecule has 0 rings (SSSR count). The molecule has 0 atom stereocenters. The lowest BCUT2D eigenvalue weighted by Crippen LogP contribution is -2.32. The highest BCUT2D eigenvalue weighted by Crippen LogP contribution is 1.97.